The molecule has 1 aromatic heterocycles. The molecule has 0 atom stereocenters. The van der Waals surface area contributed by atoms with Crippen LogP contribution in [0.3, 0.4) is 0 Å². The summed E-state index contributed by atoms with van der Waals surface area (Å²) < 4.78 is 14.9. The summed E-state index contributed by atoms with van der Waals surface area (Å²) >= 11 is 0. The number of carbonyl (C=O) groups is 1. The molecule has 0 aliphatic carbocycles. The first-order valence-corrected chi connectivity index (χ1v) is 10.4. The molecule has 0 N–H and O–H groups in total. The van der Waals surface area contributed by atoms with Crippen molar-refractivity contribution in [2.24, 2.45) is 0 Å². The van der Waals surface area contributed by atoms with Crippen molar-refractivity contribution < 1.29 is 9.18 Å². The van der Waals surface area contributed by atoms with Gasteiger partial charge in [-0.25, -0.2) is 9.37 Å². The van der Waals surface area contributed by atoms with Crippen LogP contribution in [0.15, 0.2) is 47.3 Å². The van der Waals surface area contributed by atoms with Gasteiger partial charge in [0.2, 0.25) is 0 Å². The van der Waals surface area contributed by atoms with Crippen molar-refractivity contribution in [2.45, 2.75) is 25.8 Å². The van der Waals surface area contributed by atoms with E-state index in [1.807, 2.05) is 4.90 Å². The van der Waals surface area contributed by atoms with E-state index < -0.39 is 0 Å². The second-order valence-corrected chi connectivity index (χ2v) is 7.93. The third-order valence-corrected chi connectivity index (χ3v) is 6.07. The van der Waals surface area contributed by atoms with Crippen LogP contribution in [0.5, 0.6) is 0 Å². The first kappa shape index (κ1) is 18.8. The lowest BCUT2D eigenvalue weighted by Gasteiger charge is -2.36. The highest BCUT2D eigenvalue weighted by molar-refractivity contribution is 5.97. The normalized spacial score (nSPS) is 16.6. The summed E-state index contributed by atoms with van der Waals surface area (Å²) in [6.07, 6.45) is 2.84. The Kier molecular flexibility index (Phi) is 4.73. The van der Waals surface area contributed by atoms with Crippen LogP contribution < -0.4 is 10.5 Å². The molecular formula is C23H23FN4O2. The number of anilines is 1. The number of amides is 1. The van der Waals surface area contributed by atoms with Gasteiger partial charge in [0.05, 0.1) is 10.9 Å². The summed E-state index contributed by atoms with van der Waals surface area (Å²) in [4.78, 5) is 34.5. The predicted molar refractivity (Wildman–Crippen MR) is 113 cm³/mol. The molecule has 30 heavy (non-hydrogen) atoms. The van der Waals surface area contributed by atoms with Crippen molar-refractivity contribution in [1.29, 1.82) is 0 Å². The molecule has 5 rings (SSSR count). The van der Waals surface area contributed by atoms with Gasteiger partial charge in [0.15, 0.2) is 0 Å². The van der Waals surface area contributed by atoms with Crippen LogP contribution in [-0.2, 0) is 13.0 Å². The summed E-state index contributed by atoms with van der Waals surface area (Å²) in [6, 6.07) is 11.7. The number of benzene rings is 2. The summed E-state index contributed by atoms with van der Waals surface area (Å²) in [5.41, 5.74) is 2.11. The maximum atomic E-state index is 13.1. The van der Waals surface area contributed by atoms with Crippen molar-refractivity contribution >= 4 is 22.5 Å². The quantitative estimate of drug-likeness (QED) is 0.657. The van der Waals surface area contributed by atoms with E-state index in [0.717, 1.165) is 37.3 Å². The lowest BCUT2D eigenvalue weighted by molar-refractivity contribution is 0.0747. The fourth-order valence-electron chi connectivity index (χ4n) is 4.38. The zero-order chi connectivity index (χ0) is 20.7. The number of aromatic nitrogens is 2. The third-order valence-electron chi connectivity index (χ3n) is 6.07. The van der Waals surface area contributed by atoms with Crippen molar-refractivity contribution in [3.63, 3.8) is 0 Å². The number of hydrogen-bond acceptors (Lipinski definition) is 4. The highest BCUT2D eigenvalue weighted by Crippen LogP contribution is 2.20. The topological polar surface area (TPSA) is 58.4 Å². The van der Waals surface area contributed by atoms with Crippen molar-refractivity contribution in [3.8, 4) is 0 Å². The lowest BCUT2D eigenvalue weighted by Crippen LogP contribution is -2.48. The number of hydrogen-bond donors (Lipinski definition) is 0. The fraction of sp³-hybridized carbons (Fsp3) is 0.348. The standard InChI is InChI=1S/C23H23FN4O2/c24-17-5-7-18(8-6-17)26-11-13-27(14-12-26)22(29)16-4-9-19-20(15-16)25-21-3-1-2-10-28(21)23(19)30/h4-9,15H,1-3,10-14H2. The molecule has 0 unspecified atom stereocenters. The molecule has 2 aliphatic heterocycles. The number of fused-ring (bicyclic) bond motifs is 2. The highest BCUT2D eigenvalue weighted by atomic mass is 19.1. The minimum absolute atomic E-state index is 0.0124. The van der Waals surface area contributed by atoms with Gasteiger partial charge in [-0.2, -0.15) is 0 Å². The Bertz CT molecular complexity index is 1160. The van der Waals surface area contributed by atoms with Crippen molar-refractivity contribution in [2.75, 3.05) is 31.1 Å². The van der Waals surface area contributed by atoms with Gasteiger partial charge < -0.3 is 9.80 Å². The highest BCUT2D eigenvalue weighted by Gasteiger charge is 2.23. The Morgan fingerprint density at radius 1 is 0.933 bits per heavy atom. The maximum absolute atomic E-state index is 13.1. The third kappa shape index (κ3) is 3.34. The molecule has 7 heteroatoms. The molecule has 2 aliphatic rings. The van der Waals surface area contributed by atoms with E-state index in [1.54, 1.807) is 34.9 Å². The summed E-state index contributed by atoms with van der Waals surface area (Å²) in [5, 5.41) is 0.568. The van der Waals surface area contributed by atoms with Gasteiger partial charge in [-0.1, -0.05) is 0 Å². The number of piperazine rings is 1. The Hall–Kier alpha value is -3.22. The van der Waals surface area contributed by atoms with Gasteiger partial charge in [-0.3, -0.25) is 14.2 Å². The molecule has 0 bridgehead atoms. The molecule has 3 aromatic rings. The number of nitrogens with zero attached hydrogens (tertiary/aromatic N) is 4. The second kappa shape index (κ2) is 7.55. The zero-order valence-corrected chi connectivity index (χ0v) is 16.7. The molecule has 1 fully saturated rings. The number of rotatable bonds is 2. The molecule has 1 amide bonds. The van der Waals surface area contributed by atoms with E-state index in [1.165, 1.54) is 12.1 Å². The second-order valence-electron chi connectivity index (χ2n) is 7.93. The van der Waals surface area contributed by atoms with E-state index in [9.17, 15) is 14.0 Å². The molecule has 1 saturated heterocycles. The van der Waals surface area contributed by atoms with Crippen LogP contribution in [-0.4, -0.2) is 46.5 Å². The van der Waals surface area contributed by atoms with Gasteiger partial charge >= 0.3 is 0 Å². The van der Waals surface area contributed by atoms with Crippen LogP contribution >= 0.6 is 0 Å². The Morgan fingerprint density at radius 3 is 2.47 bits per heavy atom. The first-order chi connectivity index (χ1) is 14.6. The summed E-state index contributed by atoms with van der Waals surface area (Å²) in [7, 11) is 0. The average molecular weight is 406 g/mol. The number of aryl methyl sites for hydroxylation is 1. The largest absolute Gasteiger partial charge is 0.368 e. The smallest absolute Gasteiger partial charge is 0.261 e. The minimum Gasteiger partial charge on any atom is -0.368 e. The van der Waals surface area contributed by atoms with Crippen LogP contribution in [0.4, 0.5) is 10.1 Å². The van der Waals surface area contributed by atoms with Gasteiger partial charge in [0, 0.05) is 50.4 Å². The first-order valence-electron chi connectivity index (χ1n) is 10.4. The number of halogens is 1. The molecule has 0 radical (unpaired) electrons. The van der Waals surface area contributed by atoms with E-state index >= 15 is 0 Å². The Morgan fingerprint density at radius 2 is 1.70 bits per heavy atom. The summed E-state index contributed by atoms with van der Waals surface area (Å²) in [5.74, 6) is 0.518. The van der Waals surface area contributed by atoms with E-state index in [2.05, 4.69) is 9.88 Å². The van der Waals surface area contributed by atoms with Crippen molar-refractivity contribution in [3.05, 3.63) is 70.0 Å². The fourth-order valence-corrected chi connectivity index (χ4v) is 4.38. The zero-order valence-electron chi connectivity index (χ0n) is 16.7. The van der Waals surface area contributed by atoms with E-state index in [-0.39, 0.29) is 17.3 Å². The van der Waals surface area contributed by atoms with Crippen LogP contribution in [0.25, 0.3) is 10.9 Å². The lowest BCUT2D eigenvalue weighted by atomic mass is 10.1. The van der Waals surface area contributed by atoms with Crippen LogP contribution in [0.1, 0.15) is 29.0 Å². The molecule has 0 saturated carbocycles. The monoisotopic (exact) mass is 406 g/mol. The van der Waals surface area contributed by atoms with E-state index in [0.29, 0.717) is 42.6 Å². The van der Waals surface area contributed by atoms with Crippen LogP contribution in [0.2, 0.25) is 0 Å². The van der Waals surface area contributed by atoms with Gasteiger partial charge in [-0.15, -0.1) is 0 Å². The molecular weight excluding hydrogens is 383 g/mol. The van der Waals surface area contributed by atoms with Crippen molar-refractivity contribution in [1.82, 2.24) is 14.5 Å². The van der Waals surface area contributed by atoms with Gasteiger partial charge in [-0.05, 0) is 55.3 Å². The molecule has 154 valence electrons. The van der Waals surface area contributed by atoms with Gasteiger partial charge in [0.1, 0.15) is 11.6 Å². The maximum Gasteiger partial charge on any atom is 0.261 e. The number of carbonyl (C=O) groups excluding carboxylic acids is 1. The molecule has 0 spiro atoms. The average Bonchev–Trinajstić information content (AvgIpc) is 2.79. The Balaban J connectivity index is 1.35. The van der Waals surface area contributed by atoms with E-state index in [4.69, 9.17) is 0 Å². The minimum atomic E-state index is -0.252. The Labute approximate surface area is 173 Å². The van der Waals surface area contributed by atoms with Gasteiger partial charge in [0.25, 0.3) is 11.5 Å². The SMILES string of the molecule is O=C(c1ccc2c(=O)n3c(nc2c1)CCCC3)N1CCN(c2ccc(F)cc2)CC1. The summed E-state index contributed by atoms with van der Waals surface area (Å²) in [6.45, 7) is 3.29. The molecule has 6 nitrogen and oxygen atoms in total. The molecule has 3 heterocycles. The molecule has 2 aromatic carbocycles. The predicted octanol–water partition coefficient (Wildman–Crippen LogP) is 2.83. The van der Waals surface area contributed by atoms with Crippen LogP contribution in [0, 0.1) is 5.82 Å².